The molecule has 0 saturated heterocycles. The molecule has 1 unspecified atom stereocenters. The molecule has 100 valence electrons. The quantitative estimate of drug-likeness (QED) is 0.506. The number of carbonyl (C=O) groups excluding carboxylic acids is 1. The van der Waals surface area contributed by atoms with Crippen LogP contribution < -0.4 is 16.6 Å². The molecule has 0 aliphatic heterocycles. The third-order valence-electron chi connectivity index (χ3n) is 2.38. The monoisotopic (exact) mass is 270 g/mol. The van der Waals surface area contributed by atoms with Crippen LogP contribution in [-0.4, -0.2) is 33.2 Å². The molecule has 1 aromatic heterocycles. The second-order valence-electron chi connectivity index (χ2n) is 3.70. The second kappa shape index (κ2) is 7.07. The maximum absolute atomic E-state index is 11.9. The zero-order valence-electron chi connectivity index (χ0n) is 10.5. The van der Waals surface area contributed by atoms with Crippen molar-refractivity contribution in [3.05, 3.63) is 23.5 Å². The Bertz CT molecular complexity index is 451. The lowest BCUT2D eigenvalue weighted by atomic mass is 10.2. The van der Waals surface area contributed by atoms with E-state index in [2.05, 4.69) is 15.7 Å². The Labute approximate surface area is 109 Å². The molecule has 0 saturated carbocycles. The largest absolute Gasteiger partial charge is 0.351 e. The molecule has 7 heteroatoms. The summed E-state index contributed by atoms with van der Waals surface area (Å²) >= 11 is 0. The molecule has 6 nitrogen and oxygen atoms in total. The van der Waals surface area contributed by atoms with Gasteiger partial charge in [0.1, 0.15) is 0 Å². The summed E-state index contributed by atoms with van der Waals surface area (Å²) in [6, 6.07) is 1.69. The molecule has 0 aromatic carbocycles. The number of anilines is 1. The number of aromatic nitrogens is 1. The summed E-state index contributed by atoms with van der Waals surface area (Å²) in [5, 5.41) is 2.69. The summed E-state index contributed by atoms with van der Waals surface area (Å²) in [6.45, 7) is 4.03. The Kier molecular flexibility index (Phi) is 5.73. The van der Waals surface area contributed by atoms with Crippen molar-refractivity contribution in [3.8, 4) is 0 Å². The molecular weight excluding hydrogens is 252 g/mol. The molecule has 0 radical (unpaired) electrons. The van der Waals surface area contributed by atoms with Gasteiger partial charge in [0.2, 0.25) is 0 Å². The number of hydrogen-bond donors (Lipinski definition) is 3. The Morgan fingerprint density at radius 3 is 2.89 bits per heavy atom. The van der Waals surface area contributed by atoms with E-state index in [0.29, 0.717) is 29.3 Å². The van der Waals surface area contributed by atoms with Gasteiger partial charge in [0.25, 0.3) is 5.91 Å². The number of nitrogens with one attached hydrogen (secondary N) is 2. The van der Waals surface area contributed by atoms with Crippen LogP contribution in [0.2, 0.25) is 0 Å². The Balaban J connectivity index is 2.64. The zero-order chi connectivity index (χ0) is 13.5. The lowest BCUT2D eigenvalue weighted by Crippen LogP contribution is -2.29. The van der Waals surface area contributed by atoms with Crippen molar-refractivity contribution in [3.63, 3.8) is 0 Å². The van der Waals surface area contributed by atoms with Crippen LogP contribution >= 0.6 is 0 Å². The first-order valence-corrected chi connectivity index (χ1v) is 7.13. The van der Waals surface area contributed by atoms with Gasteiger partial charge in [0.05, 0.1) is 11.3 Å². The van der Waals surface area contributed by atoms with E-state index in [1.165, 1.54) is 6.20 Å². The number of pyridine rings is 1. The number of hydrogen-bond acceptors (Lipinski definition) is 5. The lowest BCUT2D eigenvalue weighted by molar-refractivity contribution is 0.0956. The normalized spacial score (nSPS) is 11.9. The van der Waals surface area contributed by atoms with E-state index in [-0.39, 0.29) is 5.91 Å². The van der Waals surface area contributed by atoms with E-state index in [4.69, 9.17) is 5.84 Å². The molecule has 1 rings (SSSR count). The number of nitrogens with zero attached hydrogens (tertiary/aromatic N) is 1. The fourth-order valence-electron chi connectivity index (χ4n) is 1.38. The van der Waals surface area contributed by atoms with Crippen LogP contribution in [0.1, 0.15) is 23.0 Å². The van der Waals surface area contributed by atoms with Gasteiger partial charge < -0.3 is 10.7 Å². The summed E-state index contributed by atoms with van der Waals surface area (Å²) in [6.07, 6.45) is 1.47. The molecular formula is C11H18N4O2S. The van der Waals surface area contributed by atoms with Gasteiger partial charge in [-0.15, -0.1) is 0 Å². The number of rotatable bonds is 6. The minimum Gasteiger partial charge on any atom is -0.351 e. The van der Waals surface area contributed by atoms with E-state index in [9.17, 15) is 9.00 Å². The first-order valence-electron chi connectivity index (χ1n) is 5.65. The predicted octanol–water partition coefficient (Wildman–Crippen LogP) is 0.174. The highest BCUT2D eigenvalue weighted by atomic mass is 32.2. The SMILES string of the molecule is CCS(=O)CCNC(=O)c1cnc(C)cc1NN. The average Bonchev–Trinajstić information content (AvgIpc) is 2.37. The van der Waals surface area contributed by atoms with Crippen molar-refractivity contribution in [1.29, 1.82) is 0 Å². The third kappa shape index (κ3) is 4.08. The molecule has 0 spiro atoms. The van der Waals surface area contributed by atoms with Crippen molar-refractivity contribution >= 4 is 22.4 Å². The topological polar surface area (TPSA) is 97.1 Å². The summed E-state index contributed by atoms with van der Waals surface area (Å²) in [7, 11) is -0.881. The summed E-state index contributed by atoms with van der Waals surface area (Å²) in [4.78, 5) is 15.9. The maximum Gasteiger partial charge on any atom is 0.255 e. The molecule has 1 amide bonds. The highest BCUT2D eigenvalue weighted by molar-refractivity contribution is 7.84. The van der Waals surface area contributed by atoms with Gasteiger partial charge in [-0.25, -0.2) is 0 Å². The van der Waals surface area contributed by atoms with Crippen molar-refractivity contribution in [1.82, 2.24) is 10.3 Å². The van der Waals surface area contributed by atoms with Gasteiger partial charge in [-0.1, -0.05) is 6.92 Å². The van der Waals surface area contributed by atoms with Crippen LogP contribution in [0.3, 0.4) is 0 Å². The minimum absolute atomic E-state index is 0.274. The van der Waals surface area contributed by atoms with Crippen LogP contribution in [0.5, 0.6) is 0 Å². The van der Waals surface area contributed by atoms with E-state index >= 15 is 0 Å². The highest BCUT2D eigenvalue weighted by Gasteiger charge is 2.11. The molecule has 1 atom stereocenters. The van der Waals surface area contributed by atoms with Crippen LogP contribution in [0.25, 0.3) is 0 Å². The number of carbonyl (C=O) groups is 1. The van der Waals surface area contributed by atoms with Gasteiger partial charge in [-0.2, -0.15) is 0 Å². The number of nitrogens with two attached hydrogens (primary N) is 1. The fraction of sp³-hybridized carbons (Fsp3) is 0.455. The van der Waals surface area contributed by atoms with Crippen LogP contribution in [-0.2, 0) is 10.8 Å². The fourth-order valence-corrected chi connectivity index (χ4v) is 2.00. The first kappa shape index (κ1) is 14.6. The molecule has 4 N–H and O–H groups in total. The maximum atomic E-state index is 11.9. The Hall–Kier alpha value is -1.47. The predicted molar refractivity (Wildman–Crippen MR) is 72.7 cm³/mol. The van der Waals surface area contributed by atoms with Gasteiger partial charge in [0.15, 0.2) is 0 Å². The standard InChI is InChI=1S/C11H18N4O2S/c1-3-18(17)5-4-13-11(16)9-7-14-8(2)6-10(9)15-12/h6-7H,3-5,12H2,1-2H3,(H,13,16)(H,14,15). The Morgan fingerprint density at radius 1 is 1.56 bits per heavy atom. The number of amides is 1. The van der Waals surface area contributed by atoms with Gasteiger partial charge in [-0.3, -0.25) is 19.8 Å². The molecule has 1 heterocycles. The van der Waals surface area contributed by atoms with Gasteiger partial charge in [-0.05, 0) is 13.0 Å². The van der Waals surface area contributed by atoms with E-state index in [1.807, 2.05) is 13.8 Å². The summed E-state index contributed by atoms with van der Waals surface area (Å²) < 4.78 is 11.2. The molecule has 18 heavy (non-hydrogen) atoms. The van der Waals surface area contributed by atoms with Crippen LogP contribution in [0, 0.1) is 6.92 Å². The molecule has 1 aromatic rings. The number of nitrogen functional groups attached to an aromatic ring is 1. The minimum atomic E-state index is -0.881. The van der Waals surface area contributed by atoms with E-state index < -0.39 is 10.8 Å². The molecule has 0 bridgehead atoms. The van der Waals surface area contributed by atoms with Gasteiger partial charge in [0, 0.05) is 40.7 Å². The lowest BCUT2D eigenvalue weighted by Gasteiger charge is -2.09. The average molecular weight is 270 g/mol. The van der Waals surface area contributed by atoms with E-state index in [0.717, 1.165) is 5.69 Å². The molecule has 0 aliphatic carbocycles. The zero-order valence-corrected chi connectivity index (χ0v) is 11.3. The van der Waals surface area contributed by atoms with Crippen LogP contribution in [0.4, 0.5) is 5.69 Å². The summed E-state index contributed by atoms with van der Waals surface area (Å²) in [5.41, 5.74) is 4.14. The molecule has 0 fully saturated rings. The van der Waals surface area contributed by atoms with Crippen LogP contribution in [0.15, 0.2) is 12.3 Å². The van der Waals surface area contributed by atoms with Gasteiger partial charge >= 0.3 is 0 Å². The first-order chi connectivity index (χ1) is 8.58. The highest BCUT2D eigenvalue weighted by Crippen LogP contribution is 2.13. The molecule has 0 aliphatic rings. The Morgan fingerprint density at radius 2 is 2.28 bits per heavy atom. The number of hydrazine groups is 1. The second-order valence-corrected chi connectivity index (χ2v) is 5.57. The smallest absolute Gasteiger partial charge is 0.255 e. The van der Waals surface area contributed by atoms with Crippen molar-refractivity contribution in [2.24, 2.45) is 5.84 Å². The number of aryl methyl sites for hydroxylation is 1. The van der Waals surface area contributed by atoms with Crippen molar-refractivity contribution < 1.29 is 9.00 Å². The summed E-state index contributed by atoms with van der Waals surface area (Å²) in [5.74, 6) is 6.12. The van der Waals surface area contributed by atoms with E-state index in [1.54, 1.807) is 6.07 Å². The third-order valence-corrected chi connectivity index (χ3v) is 3.68. The van der Waals surface area contributed by atoms with Crippen molar-refractivity contribution in [2.45, 2.75) is 13.8 Å². The van der Waals surface area contributed by atoms with Crippen molar-refractivity contribution in [2.75, 3.05) is 23.5 Å².